The van der Waals surface area contributed by atoms with Crippen LogP contribution in [0.5, 0.6) is 0 Å². The molecule has 23 heavy (non-hydrogen) atoms. The molecule has 6 heteroatoms. The molecular formula is C17H19FN2O3. The molecule has 0 saturated carbocycles. The van der Waals surface area contributed by atoms with Crippen LogP contribution in [0, 0.1) is 5.82 Å². The third kappa shape index (κ3) is 4.18. The van der Waals surface area contributed by atoms with Gasteiger partial charge in [0.15, 0.2) is 5.76 Å². The van der Waals surface area contributed by atoms with E-state index in [1.54, 1.807) is 25.1 Å². The quantitative estimate of drug-likeness (QED) is 0.860. The fourth-order valence-electron chi connectivity index (χ4n) is 2.00. The zero-order chi connectivity index (χ0) is 16.8. The van der Waals surface area contributed by atoms with Gasteiger partial charge in [-0.25, -0.2) is 4.39 Å². The molecule has 0 unspecified atom stereocenters. The Labute approximate surface area is 133 Å². The molecule has 0 bridgehead atoms. The van der Waals surface area contributed by atoms with E-state index in [4.69, 9.17) is 4.42 Å². The lowest BCUT2D eigenvalue weighted by atomic mass is 10.1. The summed E-state index contributed by atoms with van der Waals surface area (Å²) in [5, 5.41) is 5.24. The molecule has 1 aromatic carbocycles. The Balaban J connectivity index is 2.04. The normalized spacial score (nSPS) is 11.8. The number of carbonyl (C=O) groups excluding carboxylic acids is 2. The van der Waals surface area contributed by atoms with Crippen molar-refractivity contribution in [2.45, 2.75) is 26.3 Å². The van der Waals surface area contributed by atoms with Crippen LogP contribution < -0.4 is 10.6 Å². The first-order valence-corrected chi connectivity index (χ1v) is 7.46. The molecule has 2 aromatic rings. The maximum absolute atomic E-state index is 13.7. The number of hydrogen-bond donors (Lipinski definition) is 2. The largest absolute Gasteiger partial charge is 0.451 e. The molecule has 1 atom stereocenters. The Hall–Kier alpha value is -2.63. The van der Waals surface area contributed by atoms with E-state index >= 15 is 0 Å². The van der Waals surface area contributed by atoms with E-state index in [1.807, 2.05) is 6.92 Å². The molecule has 2 amide bonds. The molecule has 1 aromatic heterocycles. The van der Waals surface area contributed by atoms with E-state index in [1.165, 1.54) is 18.2 Å². The second-order valence-electron chi connectivity index (χ2n) is 5.13. The van der Waals surface area contributed by atoms with Crippen LogP contribution in [-0.4, -0.2) is 24.4 Å². The zero-order valence-electron chi connectivity index (χ0n) is 13.1. The molecule has 122 valence electrons. The van der Waals surface area contributed by atoms with Crippen molar-refractivity contribution < 1.29 is 18.4 Å². The van der Waals surface area contributed by atoms with Gasteiger partial charge in [0.05, 0.1) is 5.56 Å². The summed E-state index contributed by atoms with van der Waals surface area (Å²) in [5.41, 5.74) is 0.278. The smallest absolute Gasteiger partial charge is 0.287 e. The fourth-order valence-corrected chi connectivity index (χ4v) is 2.00. The van der Waals surface area contributed by atoms with Crippen molar-refractivity contribution in [2.24, 2.45) is 0 Å². The van der Waals surface area contributed by atoms with Gasteiger partial charge in [0, 0.05) is 6.54 Å². The number of halogens is 1. The van der Waals surface area contributed by atoms with Crippen LogP contribution in [-0.2, 0) is 4.79 Å². The molecule has 0 aliphatic carbocycles. The van der Waals surface area contributed by atoms with Gasteiger partial charge in [0.1, 0.15) is 17.6 Å². The van der Waals surface area contributed by atoms with Crippen molar-refractivity contribution in [3.05, 3.63) is 48.0 Å². The molecule has 5 nitrogen and oxygen atoms in total. The van der Waals surface area contributed by atoms with Crippen molar-refractivity contribution in [1.29, 1.82) is 0 Å². The first kappa shape index (κ1) is 16.7. The standard InChI is InChI=1S/C17H19FN2O3/c1-3-10-19-16(21)11(2)20-17(22)15-9-8-14(23-15)12-6-4-5-7-13(12)18/h4-9,11H,3,10H2,1-2H3,(H,19,21)(H,20,22)/t11-/m1/s1. The number of hydrogen-bond acceptors (Lipinski definition) is 3. The predicted octanol–water partition coefficient (Wildman–Crippen LogP) is 2.73. The Morgan fingerprint density at radius 1 is 1.22 bits per heavy atom. The molecule has 0 saturated heterocycles. The summed E-state index contributed by atoms with van der Waals surface area (Å²) in [4.78, 5) is 23.8. The first-order chi connectivity index (χ1) is 11.0. The highest BCUT2D eigenvalue weighted by Gasteiger charge is 2.19. The van der Waals surface area contributed by atoms with Crippen molar-refractivity contribution in [2.75, 3.05) is 6.54 Å². The monoisotopic (exact) mass is 318 g/mol. The van der Waals surface area contributed by atoms with Gasteiger partial charge in [0.25, 0.3) is 5.91 Å². The summed E-state index contributed by atoms with van der Waals surface area (Å²) in [6, 6.07) is 8.43. The number of benzene rings is 1. The topological polar surface area (TPSA) is 71.3 Å². The van der Waals surface area contributed by atoms with Crippen LogP contribution in [0.15, 0.2) is 40.8 Å². The summed E-state index contributed by atoms with van der Waals surface area (Å²) in [7, 11) is 0. The molecule has 0 aliphatic heterocycles. The fraction of sp³-hybridized carbons (Fsp3) is 0.294. The minimum Gasteiger partial charge on any atom is -0.451 e. The Morgan fingerprint density at radius 2 is 1.96 bits per heavy atom. The molecule has 1 heterocycles. The van der Waals surface area contributed by atoms with Crippen LogP contribution in [0.25, 0.3) is 11.3 Å². The van der Waals surface area contributed by atoms with Crippen molar-refractivity contribution >= 4 is 11.8 Å². The summed E-state index contributed by atoms with van der Waals surface area (Å²) in [6.45, 7) is 4.08. The highest BCUT2D eigenvalue weighted by atomic mass is 19.1. The maximum Gasteiger partial charge on any atom is 0.287 e. The Bertz CT molecular complexity index is 697. The van der Waals surface area contributed by atoms with Crippen LogP contribution in [0.3, 0.4) is 0 Å². The highest BCUT2D eigenvalue weighted by Crippen LogP contribution is 2.24. The van der Waals surface area contributed by atoms with Gasteiger partial charge in [-0.2, -0.15) is 0 Å². The first-order valence-electron chi connectivity index (χ1n) is 7.46. The number of rotatable bonds is 6. The van der Waals surface area contributed by atoms with Crippen LogP contribution in [0.4, 0.5) is 4.39 Å². The average molecular weight is 318 g/mol. The minimum atomic E-state index is -0.684. The molecule has 0 spiro atoms. The van der Waals surface area contributed by atoms with E-state index in [0.29, 0.717) is 6.54 Å². The predicted molar refractivity (Wildman–Crippen MR) is 84.3 cm³/mol. The minimum absolute atomic E-state index is 0.0263. The second-order valence-corrected chi connectivity index (χ2v) is 5.13. The molecular weight excluding hydrogens is 299 g/mol. The van der Waals surface area contributed by atoms with Gasteiger partial charge in [-0.15, -0.1) is 0 Å². The Kier molecular flexibility index (Phi) is 5.51. The molecule has 0 aliphatic rings. The molecule has 2 rings (SSSR count). The number of carbonyl (C=O) groups is 2. The Morgan fingerprint density at radius 3 is 2.65 bits per heavy atom. The molecule has 0 fully saturated rings. The van der Waals surface area contributed by atoms with Gasteiger partial charge in [0.2, 0.25) is 5.91 Å². The molecule has 0 radical (unpaired) electrons. The zero-order valence-corrected chi connectivity index (χ0v) is 13.1. The summed E-state index contributed by atoms with van der Waals surface area (Å²) in [6.07, 6.45) is 0.816. The van der Waals surface area contributed by atoms with Gasteiger partial charge in [-0.05, 0) is 37.6 Å². The van der Waals surface area contributed by atoms with E-state index in [0.717, 1.165) is 6.42 Å². The summed E-state index contributed by atoms with van der Waals surface area (Å²) >= 11 is 0. The lowest BCUT2D eigenvalue weighted by Crippen LogP contribution is -2.44. The van der Waals surface area contributed by atoms with Crippen molar-refractivity contribution in [3.8, 4) is 11.3 Å². The van der Waals surface area contributed by atoms with E-state index < -0.39 is 17.8 Å². The number of furan rings is 1. The third-order valence-electron chi connectivity index (χ3n) is 3.26. The van der Waals surface area contributed by atoms with E-state index in [2.05, 4.69) is 10.6 Å². The number of amides is 2. The third-order valence-corrected chi connectivity index (χ3v) is 3.26. The lowest BCUT2D eigenvalue weighted by Gasteiger charge is -2.12. The van der Waals surface area contributed by atoms with Gasteiger partial charge < -0.3 is 15.1 Å². The van der Waals surface area contributed by atoms with Gasteiger partial charge >= 0.3 is 0 Å². The van der Waals surface area contributed by atoms with Crippen molar-refractivity contribution in [1.82, 2.24) is 10.6 Å². The van der Waals surface area contributed by atoms with Crippen LogP contribution >= 0.6 is 0 Å². The maximum atomic E-state index is 13.7. The van der Waals surface area contributed by atoms with E-state index in [-0.39, 0.29) is 23.0 Å². The molecule has 2 N–H and O–H groups in total. The van der Waals surface area contributed by atoms with Crippen LogP contribution in [0.1, 0.15) is 30.8 Å². The van der Waals surface area contributed by atoms with Crippen LogP contribution in [0.2, 0.25) is 0 Å². The van der Waals surface area contributed by atoms with Gasteiger partial charge in [-0.1, -0.05) is 19.1 Å². The average Bonchev–Trinajstić information content (AvgIpc) is 3.02. The van der Waals surface area contributed by atoms with Gasteiger partial charge in [-0.3, -0.25) is 9.59 Å². The van der Waals surface area contributed by atoms with Crippen molar-refractivity contribution in [3.63, 3.8) is 0 Å². The van der Waals surface area contributed by atoms with E-state index in [9.17, 15) is 14.0 Å². The highest BCUT2D eigenvalue weighted by molar-refractivity contribution is 5.95. The lowest BCUT2D eigenvalue weighted by molar-refractivity contribution is -0.122. The number of nitrogens with one attached hydrogen (secondary N) is 2. The summed E-state index contributed by atoms with van der Waals surface area (Å²) < 4.78 is 19.1. The summed E-state index contributed by atoms with van der Waals surface area (Å²) in [5.74, 6) is -0.927. The second kappa shape index (κ2) is 7.58. The SMILES string of the molecule is CCCNC(=O)[C@@H](C)NC(=O)c1ccc(-c2ccccc2F)o1.